The summed E-state index contributed by atoms with van der Waals surface area (Å²) in [5, 5.41) is 0. The Morgan fingerprint density at radius 2 is 1.44 bits per heavy atom. The van der Waals surface area contributed by atoms with Crippen molar-refractivity contribution in [1.29, 1.82) is 0 Å². The molecule has 0 aliphatic heterocycles. The molecule has 0 saturated carbocycles. The minimum absolute atomic E-state index is 0.193. The van der Waals surface area contributed by atoms with Crippen LogP contribution < -0.4 is 0 Å². The van der Waals surface area contributed by atoms with Crippen molar-refractivity contribution in [3.8, 4) is 0 Å². The summed E-state index contributed by atoms with van der Waals surface area (Å²) in [6.45, 7) is 10.7. The van der Waals surface area contributed by atoms with Crippen molar-refractivity contribution in [3.05, 3.63) is 0 Å². The molecular formula is C14H30O2. The van der Waals surface area contributed by atoms with Crippen molar-refractivity contribution in [2.24, 2.45) is 17.3 Å². The van der Waals surface area contributed by atoms with E-state index in [-0.39, 0.29) is 5.41 Å². The quantitative estimate of drug-likeness (QED) is 0.600. The zero-order chi connectivity index (χ0) is 12.6. The number of ether oxygens (including phenoxy) is 2. The van der Waals surface area contributed by atoms with E-state index in [1.807, 2.05) is 0 Å². The van der Waals surface area contributed by atoms with Gasteiger partial charge in [-0.25, -0.2) is 0 Å². The smallest absolute Gasteiger partial charge is 0.0543 e. The van der Waals surface area contributed by atoms with Gasteiger partial charge in [0.15, 0.2) is 0 Å². The van der Waals surface area contributed by atoms with Gasteiger partial charge < -0.3 is 9.47 Å². The van der Waals surface area contributed by atoms with E-state index in [1.165, 1.54) is 19.3 Å². The monoisotopic (exact) mass is 230 g/mol. The summed E-state index contributed by atoms with van der Waals surface area (Å²) in [5.74, 6) is 1.38. The molecule has 0 heterocycles. The Morgan fingerprint density at radius 3 is 1.75 bits per heavy atom. The summed E-state index contributed by atoms with van der Waals surface area (Å²) in [6.07, 6.45) is 3.76. The molecule has 0 rings (SSSR count). The van der Waals surface area contributed by atoms with Gasteiger partial charge >= 0.3 is 0 Å². The van der Waals surface area contributed by atoms with E-state index in [1.54, 1.807) is 14.2 Å². The van der Waals surface area contributed by atoms with Crippen LogP contribution in [0.5, 0.6) is 0 Å². The third-order valence-corrected chi connectivity index (χ3v) is 3.54. The van der Waals surface area contributed by atoms with Gasteiger partial charge in [-0.05, 0) is 18.3 Å². The van der Waals surface area contributed by atoms with Crippen molar-refractivity contribution in [2.75, 3.05) is 27.4 Å². The number of methoxy groups -OCH3 is 2. The van der Waals surface area contributed by atoms with Crippen LogP contribution >= 0.6 is 0 Å². The molecule has 0 N–H and O–H groups in total. The molecule has 2 heteroatoms. The van der Waals surface area contributed by atoms with Gasteiger partial charge in [0.1, 0.15) is 0 Å². The molecular weight excluding hydrogens is 200 g/mol. The molecule has 0 aliphatic rings. The molecule has 0 amide bonds. The van der Waals surface area contributed by atoms with Gasteiger partial charge in [0.2, 0.25) is 0 Å². The van der Waals surface area contributed by atoms with Gasteiger partial charge in [-0.1, -0.05) is 40.5 Å². The van der Waals surface area contributed by atoms with Crippen LogP contribution in [-0.4, -0.2) is 27.4 Å². The summed E-state index contributed by atoms with van der Waals surface area (Å²) in [5.41, 5.74) is 0.193. The first-order chi connectivity index (χ1) is 7.48. The highest BCUT2D eigenvalue weighted by atomic mass is 16.5. The van der Waals surface area contributed by atoms with Crippen LogP contribution in [0.25, 0.3) is 0 Å². The predicted molar refractivity (Wildman–Crippen MR) is 69.7 cm³/mol. The Labute approximate surface area is 102 Å². The van der Waals surface area contributed by atoms with Crippen LogP contribution in [0, 0.1) is 17.3 Å². The molecule has 16 heavy (non-hydrogen) atoms. The highest BCUT2D eigenvalue weighted by molar-refractivity contribution is 4.82. The first-order valence-corrected chi connectivity index (χ1v) is 6.46. The van der Waals surface area contributed by atoms with Crippen molar-refractivity contribution in [3.63, 3.8) is 0 Å². The highest BCUT2D eigenvalue weighted by Crippen LogP contribution is 2.34. The largest absolute Gasteiger partial charge is 0.384 e. The van der Waals surface area contributed by atoms with Crippen molar-refractivity contribution < 1.29 is 9.47 Å². The van der Waals surface area contributed by atoms with E-state index < -0.39 is 0 Å². The summed E-state index contributed by atoms with van der Waals surface area (Å²) < 4.78 is 10.8. The van der Waals surface area contributed by atoms with Gasteiger partial charge in [-0.15, -0.1) is 0 Å². The highest BCUT2D eigenvalue weighted by Gasteiger charge is 2.33. The number of rotatable bonds is 9. The van der Waals surface area contributed by atoms with Crippen LogP contribution in [0.15, 0.2) is 0 Å². The minimum atomic E-state index is 0.193. The molecule has 0 atom stereocenters. The molecule has 0 aromatic rings. The Balaban J connectivity index is 4.36. The zero-order valence-corrected chi connectivity index (χ0v) is 12.0. The fraction of sp³-hybridized carbons (Fsp3) is 1.00. The van der Waals surface area contributed by atoms with Crippen molar-refractivity contribution in [1.82, 2.24) is 0 Å². The van der Waals surface area contributed by atoms with Crippen LogP contribution in [0.2, 0.25) is 0 Å². The molecule has 0 unspecified atom stereocenters. The molecule has 0 saturated heterocycles. The molecule has 0 aromatic carbocycles. The second-order valence-electron chi connectivity index (χ2n) is 5.67. The average molecular weight is 230 g/mol. The molecule has 0 bridgehead atoms. The van der Waals surface area contributed by atoms with Crippen LogP contribution in [0.4, 0.5) is 0 Å². The average Bonchev–Trinajstić information content (AvgIpc) is 2.17. The summed E-state index contributed by atoms with van der Waals surface area (Å²) in [6, 6.07) is 0. The maximum Gasteiger partial charge on any atom is 0.0543 e. The van der Waals surface area contributed by atoms with Crippen LogP contribution in [0.3, 0.4) is 0 Å². The minimum Gasteiger partial charge on any atom is -0.384 e. The van der Waals surface area contributed by atoms with Gasteiger partial charge in [0.05, 0.1) is 13.2 Å². The normalized spacial score (nSPS) is 12.8. The second-order valence-corrected chi connectivity index (χ2v) is 5.67. The zero-order valence-electron chi connectivity index (χ0n) is 12.0. The molecule has 0 fully saturated rings. The molecule has 0 spiro atoms. The lowest BCUT2D eigenvalue weighted by atomic mass is 9.74. The second kappa shape index (κ2) is 8.08. The Kier molecular flexibility index (Phi) is 8.04. The third kappa shape index (κ3) is 5.31. The fourth-order valence-corrected chi connectivity index (χ4v) is 2.25. The van der Waals surface area contributed by atoms with Crippen molar-refractivity contribution in [2.45, 2.75) is 47.0 Å². The van der Waals surface area contributed by atoms with Gasteiger partial charge in [0, 0.05) is 19.6 Å². The lowest BCUT2D eigenvalue weighted by Crippen LogP contribution is -2.37. The summed E-state index contributed by atoms with van der Waals surface area (Å²) in [7, 11) is 3.57. The lowest BCUT2D eigenvalue weighted by Gasteiger charge is -2.36. The SMILES string of the molecule is COCC(CCCC(C)C)(COC)C(C)C. The van der Waals surface area contributed by atoms with Crippen LogP contribution in [0.1, 0.15) is 47.0 Å². The first kappa shape index (κ1) is 15.9. The Morgan fingerprint density at radius 1 is 0.938 bits per heavy atom. The van der Waals surface area contributed by atoms with E-state index >= 15 is 0 Å². The third-order valence-electron chi connectivity index (χ3n) is 3.54. The summed E-state index contributed by atoms with van der Waals surface area (Å²) in [4.78, 5) is 0. The van der Waals surface area contributed by atoms with Gasteiger partial charge in [-0.3, -0.25) is 0 Å². The Bertz CT molecular complexity index is 158. The van der Waals surface area contributed by atoms with E-state index in [0.29, 0.717) is 5.92 Å². The molecule has 2 nitrogen and oxygen atoms in total. The standard InChI is InChI=1S/C14H30O2/c1-12(2)8-7-9-14(10-15-5,11-16-6)13(3)4/h12-13H,7-11H2,1-6H3. The maximum absolute atomic E-state index is 5.40. The van der Waals surface area contributed by atoms with E-state index in [9.17, 15) is 0 Å². The number of hydrogen-bond acceptors (Lipinski definition) is 2. The number of hydrogen-bond donors (Lipinski definition) is 0. The molecule has 0 aliphatic carbocycles. The fourth-order valence-electron chi connectivity index (χ4n) is 2.25. The Hall–Kier alpha value is -0.0800. The maximum atomic E-state index is 5.40. The van der Waals surface area contributed by atoms with Crippen LogP contribution in [-0.2, 0) is 9.47 Å². The molecule has 0 aromatic heterocycles. The van der Waals surface area contributed by atoms with Crippen molar-refractivity contribution >= 4 is 0 Å². The predicted octanol–water partition coefficient (Wildman–Crippen LogP) is 3.75. The lowest BCUT2D eigenvalue weighted by molar-refractivity contribution is -0.0280. The van der Waals surface area contributed by atoms with E-state index in [2.05, 4.69) is 27.7 Å². The topological polar surface area (TPSA) is 18.5 Å². The van der Waals surface area contributed by atoms with E-state index in [4.69, 9.17) is 9.47 Å². The summed E-state index contributed by atoms with van der Waals surface area (Å²) >= 11 is 0. The first-order valence-electron chi connectivity index (χ1n) is 6.46. The van der Waals surface area contributed by atoms with Gasteiger partial charge in [0.25, 0.3) is 0 Å². The van der Waals surface area contributed by atoms with E-state index in [0.717, 1.165) is 19.1 Å². The van der Waals surface area contributed by atoms with Gasteiger partial charge in [-0.2, -0.15) is 0 Å². The molecule has 98 valence electrons. The molecule has 0 radical (unpaired) electrons.